The first kappa shape index (κ1) is 18.0. The summed E-state index contributed by atoms with van der Waals surface area (Å²) in [5, 5.41) is 2.83. The third-order valence-corrected chi connectivity index (χ3v) is 4.22. The Hall–Kier alpha value is -2.82. The molecule has 0 aromatic heterocycles. The second-order valence-corrected chi connectivity index (χ2v) is 6.28. The lowest BCUT2D eigenvalue weighted by atomic mass is 10.1. The standard InChI is InChI=1S/C21H23NO4/c1-2-3-15-4-7-17(8-5-15)22-21(24)11-9-18(23)16-6-10-19-20(14-16)26-13-12-25-19/h4-8,10,14H,2-3,9,11-13H2,1H3,(H,22,24). The maximum Gasteiger partial charge on any atom is 0.224 e. The van der Waals surface area contributed by atoms with Gasteiger partial charge in [0.05, 0.1) is 0 Å². The Morgan fingerprint density at radius 1 is 0.962 bits per heavy atom. The second kappa shape index (κ2) is 8.52. The van der Waals surface area contributed by atoms with Gasteiger partial charge in [0.1, 0.15) is 13.2 Å². The van der Waals surface area contributed by atoms with Crippen LogP contribution in [0.3, 0.4) is 0 Å². The van der Waals surface area contributed by atoms with Gasteiger partial charge in [-0.1, -0.05) is 25.5 Å². The van der Waals surface area contributed by atoms with Crippen LogP contribution < -0.4 is 14.8 Å². The Morgan fingerprint density at radius 2 is 1.69 bits per heavy atom. The molecule has 0 fully saturated rings. The maximum absolute atomic E-state index is 12.3. The molecule has 0 aliphatic carbocycles. The number of amides is 1. The number of carbonyl (C=O) groups excluding carboxylic acids is 2. The van der Waals surface area contributed by atoms with E-state index in [-0.39, 0.29) is 24.5 Å². The van der Waals surface area contributed by atoms with Crippen LogP contribution in [0.2, 0.25) is 0 Å². The van der Waals surface area contributed by atoms with Gasteiger partial charge in [-0.15, -0.1) is 0 Å². The zero-order chi connectivity index (χ0) is 18.4. The molecule has 0 atom stereocenters. The quantitative estimate of drug-likeness (QED) is 0.764. The predicted octanol–water partition coefficient (Wildman–Crippen LogP) is 4.01. The molecule has 2 aromatic rings. The highest BCUT2D eigenvalue weighted by Crippen LogP contribution is 2.31. The number of Topliss-reactive ketones (excluding diaryl/α,β-unsaturated/α-hetero) is 1. The molecule has 0 radical (unpaired) electrons. The largest absolute Gasteiger partial charge is 0.486 e. The highest BCUT2D eigenvalue weighted by atomic mass is 16.6. The summed E-state index contributed by atoms with van der Waals surface area (Å²) < 4.78 is 10.9. The van der Waals surface area contributed by atoms with Crippen LogP contribution in [-0.2, 0) is 11.2 Å². The monoisotopic (exact) mass is 353 g/mol. The van der Waals surface area contributed by atoms with Gasteiger partial charge in [0, 0.05) is 24.1 Å². The summed E-state index contributed by atoms with van der Waals surface area (Å²) in [7, 11) is 0. The molecule has 0 bridgehead atoms. The Labute approximate surface area is 153 Å². The lowest BCUT2D eigenvalue weighted by Gasteiger charge is -2.18. The number of ether oxygens (including phenoxy) is 2. The fourth-order valence-electron chi connectivity index (χ4n) is 2.86. The minimum atomic E-state index is -0.167. The van der Waals surface area contributed by atoms with Crippen molar-refractivity contribution in [1.29, 1.82) is 0 Å². The van der Waals surface area contributed by atoms with E-state index in [1.807, 2.05) is 24.3 Å². The van der Waals surface area contributed by atoms with E-state index in [2.05, 4.69) is 12.2 Å². The molecule has 5 nitrogen and oxygen atoms in total. The summed E-state index contributed by atoms with van der Waals surface area (Å²) >= 11 is 0. The van der Waals surface area contributed by atoms with E-state index >= 15 is 0 Å². The van der Waals surface area contributed by atoms with Crippen molar-refractivity contribution in [3.8, 4) is 11.5 Å². The van der Waals surface area contributed by atoms with Gasteiger partial charge in [-0.2, -0.15) is 0 Å². The highest BCUT2D eigenvalue weighted by molar-refractivity contribution is 6.00. The molecule has 3 rings (SSSR count). The van der Waals surface area contributed by atoms with Crippen molar-refractivity contribution >= 4 is 17.4 Å². The van der Waals surface area contributed by atoms with Gasteiger partial charge in [-0.05, 0) is 42.3 Å². The molecule has 136 valence electrons. The number of rotatable bonds is 7. The highest BCUT2D eigenvalue weighted by Gasteiger charge is 2.15. The van der Waals surface area contributed by atoms with E-state index in [4.69, 9.17) is 9.47 Å². The van der Waals surface area contributed by atoms with Gasteiger partial charge in [-0.3, -0.25) is 9.59 Å². The van der Waals surface area contributed by atoms with Crippen molar-refractivity contribution in [2.75, 3.05) is 18.5 Å². The lowest BCUT2D eigenvalue weighted by Crippen LogP contribution is -2.16. The summed E-state index contributed by atoms with van der Waals surface area (Å²) in [5.41, 5.74) is 2.53. The van der Waals surface area contributed by atoms with Gasteiger partial charge in [0.15, 0.2) is 17.3 Å². The molecule has 2 aromatic carbocycles. The van der Waals surface area contributed by atoms with Crippen LogP contribution in [-0.4, -0.2) is 24.9 Å². The molecule has 0 unspecified atom stereocenters. The normalized spacial score (nSPS) is 12.5. The van der Waals surface area contributed by atoms with E-state index in [9.17, 15) is 9.59 Å². The summed E-state index contributed by atoms with van der Waals surface area (Å²) in [4.78, 5) is 24.4. The van der Waals surface area contributed by atoms with Crippen molar-refractivity contribution in [1.82, 2.24) is 0 Å². The first-order valence-corrected chi connectivity index (χ1v) is 8.97. The van der Waals surface area contributed by atoms with Crippen LogP contribution in [0.5, 0.6) is 11.5 Å². The molecule has 0 spiro atoms. The number of hydrogen-bond acceptors (Lipinski definition) is 4. The number of nitrogens with one attached hydrogen (secondary N) is 1. The van der Waals surface area contributed by atoms with Gasteiger partial charge in [0.2, 0.25) is 5.91 Å². The van der Waals surface area contributed by atoms with E-state index in [0.29, 0.717) is 30.3 Å². The summed E-state index contributed by atoms with van der Waals surface area (Å²) in [6.45, 7) is 3.12. The average molecular weight is 353 g/mol. The van der Waals surface area contributed by atoms with Crippen molar-refractivity contribution in [2.45, 2.75) is 32.6 Å². The summed E-state index contributed by atoms with van der Waals surface area (Å²) in [5.74, 6) is 0.977. The minimum Gasteiger partial charge on any atom is -0.486 e. The Morgan fingerprint density at radius 3 is 2.42 bits per heavy atom. The van der Waals surface area contributed by atoms with E-state index < -0.39 is 0 Å². The van der Waals surface area contributed by atoms with Crippen LogP contribution in [0.1, 0.15) is 42.1 Å². The summed E-state index contributed by atoms with van der Waals surface area (Å²) in [6.07, 6.45) is 2.41. The number of benzene rings is 2. The molecule has 0 saturated carbocycles. The second-order valence-electron chi connectivity index (χ2n) is 6.28. The molecular formula is C21H23NO4. The first-order valence-electron chi connectivity index (χ1n) is 8.97. The zero-order valence-corrected chi connectivity index (χ0v) is 14.9. The topological polar surface area (TPSA) is 64.6 Å². The predicted molar refractivity (Wildman–Crippen MR) is 100 cm³/mol. The van der Waals surface area contributed by atoms with Gasteiger partial charge in [-0.25, -0.2) is 0 Å². The number of fused-ring (bicyclic) bond motifs is 1. The first-order chi connectivity index (χ1) is 12.7. The van der Waals surface area contributed by atoms with Gasteiger partial charge < -0.3 is 14.8 Å². The Bertz CT molecular complexity index is 783. The van der Waals surface area contributed by atoms with Crippen LogP contribution in [0.25, 0.3) is 0 Å². The van der Waals surface area contributed by atoms with E-state index in [1.165, 1.54) is 5.56 Å². The molecule has 1 N–H and O–H groups in total. The number of anilines is 1. The van der Waals surface area contributed by atoms with E-state index in [0.717, 1.165) is 18.5 Å². The van der Waals surface area contributed by atoms with Crippen LogP contribution in [0.15, 0.2) is 42.5 Å². The number of carbonyl (C=O) groups is 2. The molecular weight excluding hydrogens is 330 g/mol. The van der Waals surface area contributed by atoms with Gasteiger partial charge >= 0.3 is 0 Å². The fourth-order valence-corrected chi connectivity index (χ4v) is 2.86. The molecule has 1 heterocycles. The van der Waals surface area contributed by atoms with E-state index in [1.54, 1.807) is 18.2 Å². The Balaban J connectivity index is 1.51. The number of ketones is 1. The fraction of sp³-hybridized carbons (Fsp3) is 0.333. The third-order valence-electron chi connectivity index (χ3n) is 4.22. The molecule has 1 aliphatic rings. The smallest absolute Gasteiger partial charge is 0.224 e. The van der Waals surface area contributed by atoms with Gasteiger partial charge in [0.25, 0.3) is 0 Å². The van der Waals surface area contributed by atoms with Crippen LogP contribution in [0.4, 0.5) is 5.69 Å². The Kier molecular flexibility index (Phi) is 5.89. The molecule has 26 heavy (non-hydrogen) atoms. The van der Waals surface area contributed by atoms with Crippen molar-refractivity contribution in [2.24, 2.45) is 0 Å². The average Bonchev–Trinajstić information content (AvgIpc) is 2.67. The molecule has 5 heteroatoms. The lowest BCUT2D eigenvalue weighted by molar-refractivity contribution is -0.116. The van der Waals surface area contributed by atoms with Crippen LogP contribution >= 0.6 is 0 Å². The molecule has 1 aliphatic heterocycles. The molecule has 1 amide bonds. The van der Waals surface area contributed by atoms with Crippen LogP contribution in [0, 0.1) is 0 Å². The summed E-state index contributed by atoms with van der Waals surface area (Å²) in [6, 6.07) is 12.9. The minimum absolute atomic E-state index is 0.0876. The number of hydrogen-bond donors (Lipinski definition) is 1. The SMILES string of the molecule is CCCc1ccc(NC(=O)CCC(=O)c2ccc3c(c2)OCCO3)cc1. The maximum atomic E-state index is 12.3. The zero-order valence-electron chi connectivity index (χ0n) is 14.9. The third kappa shape index (κ3) is 4.63. The van der Waals surface area contributed by atoms with Crippen molar-refractivity contribution < 1.29 is 19.1 Å². The van der Waals surface area contributed by atoms with Crippen molar-refractivity contribution in [3.63, 3.8) is 0 Å². The molecule has 0 saturated heterocycles. The van der Waals surface area contributed by atoms with Crippen molar-refractivity contribution in [3.05, 3.63) is 53.6 Å². The number of aryl methyl sites for hydroxylation is 1.